The van der Waals surface area contributed by atoms with Gasteiger partial charge in [0.1, 0.15) is 0 Å². The lowest BCUT2D eigenvalue weighted by molar-refractivity contribution is -0.153. The second kappa shape index (κ2) is 6.30. The molecule has 96 valence electrons. The molecule has 0 unspecified atom stereocenters. The number of nitrogens with two attached hydrogens (primary N) is 4. The molecule has 0 spiro atoms. The summed E-state index contributed by atoms with van der Waals surface area (Å²) in [6.45, 7) is -2.60. The van der Waals surface area contributed by atoms with Gasteiger partial charge in [-0.1, -0.05) is 0 Å². The number of rotatable bonds is 8. The minimum Gasteiger partial charge on any atom is -0.324 e. The minimum absolute atomic E-state index is 0.650. The van der Waals surface area contributed by atoms with Crippen molar-refractivity contribution in [3.05, 3.63) is 0 Å². The third-order valence-electron chi connectivity index (χ3n) is 2.41. The molecule has 0 saturated carbocycles. The van der Waals surface area contributed by atoms with Crippen molar-refractivity contribution in [2.24, 2.45) is 28.3 Å². The number of carbonyl (C=O) groups is 4. The van der Waals surface area contributed by atoms with Crippen molar-refractivity contribution < 1.29 is 19.2 Å². The summed E-state index contributed by atoms with van der Waals surface area (Å²) in [5.41, 5.74) is 17.9. The normalized spacial score (nSPS) is 11.1. The lowest BCUT2D eigenvalue weighted by Gasteiger charge is -2.26. The van der Waals surface area contributed by atoms with Gasteiger partial charge in [0.15, 0.2) is 23.1 Å². The monoisotopic (exact) mass is 244 g/mol. The van der Waals surface area contributed by atoms with E-state index >= 15 is 0 Å². The van der Waals surface area contributed by atoms with Gasteiger partial charge in [-0.2, -0.15) is 0 Å². The van der Waals surface area contributed by atoms with Gasteiger partial charge >= 0.3 is 0 Å². The predicted octanol–water partition coefficient (Wildman–Crippen LogP) is -3.92. The molecule has 0 aromatic rings. The maximum Gasteiger partial charge on any atom is 0.208 e. The highest BCUT2D eigenvalue weighted by Gasteiger charge is 2.54. The Morgan fingerprint density at radius 2 is 0.765 bits per heavy atom. The van der Waals surface area contributed by atoms with Crippen LogP contribution in [0.2, 0.25) is 0 Å². The first-order chi connectivity index (χ1) is 7.93. The highest BCUT2D eigenvalue weighted by atomic mass is 16.2. The zero-order chi connectivity index (χ0) is 13.6. The quantitative estimate of drug-likeness (QED) is 0.313. The van der Waals surface area contributed by atoms with Crippen LogP contribution in [0.15, 0.2) is 0 Å². The molecule has 0 rings (SSSR count). The molecule has 0 heterocycles. The zero-order valence-corrected chi connectivity index (χ0v) is 9.27. The third-order valence-corrected chi connectivity index (χ3v) is 2.41. The number of carbonyl (C=O) groups excluding carboxylic acids is 4. The van der Waals surface area contributed by atoms with E-state index in [1.807, 2.05) is 0 Å². The molecule has 0 aromatic carbocycles. The number of Topliss-reactive ketones (excluding diaryl/α,β-unsaturated/α-hetero) is 4. The van der Waals surface area contributed by atoms with Gasteiger partial charge in [0.25, 0.3) is 0 Å². The zero-order valence-electron chi connectivity index (χ0n) is 9.27. The van der Waals surface area contributed by atoms with Crippen LogP contribution in [0.25, 0.3) is 0 Å². The number of ketones is 4. The van der Waals surface area contributed by atoms with E-state index in [4.69, 9.17) is 22.9 Å². The molecule has 0 radical (unpaired) electrons. The van der Waals surface area contributed by atoms with Crippen molar-refractivity contribution in [2.45, 2.75) is 0 Å². The van der Waals surface area contributed by atoms with Gasteiger partial charge in [-0.3, -0.25) is 19.2 Å². The highest BCUT2D eigenvalue weighted by molar-refractivity contribution is 6.40. The molecule has 0 fully saturated rings. The lowest BCUT2D eigenvalue weighted by Crippen LogP contribution is -2.59. The van der Waals surface area contributed by atoms with Crippen LogP contribution in [0.1, 0.15) is 0 Å². The second-order valence-electron chi connectivity index (χ2n) is 3.26. The molecule has 0 amide bonds. The Hall–Kier alpha value is -1.48. The molecule has 0 aromatic heterocycles. The van der Waals surface area contributed by atoms with E-state index in [9.17, 15) is 19.2 Å². The van der Waals surface area contributed by atoms with Crippen LogP contribution in [-0.2, 0) is 19.2 Å². The van der Waals surface area contributed by atoms with Crippen molar-refractivity contribution in [1.29, 1.82) is 0 Å². The van der Waals surface area contributed by atoms with E-state index < -0.39 is 54.7 Å². The molecule has 8 N–H and O–H groups in total. The van der Waals surface area contributed by atoms with Gasteiger partial charge in [0, 0.05) is 0 Å². The van der Waals surface area contributed by atoms with Gasteiger partial charge in [0.2, 0.25) is 5.41 Å². The summed E-state index contributed by atoms with van der Waals surface area (Å²) in [7, 11) is 0. The molecule has 0 aliphatic heterocycles. The molecular formula is C9H16N4O4. The average molecular weight is 244 g/mol. The Bertz CT molecular complexity index is 283. The standard InChI is InChI=1S/C9H16N4O4/c10-1-5(14)9(6(15)2-11,7(16)3-12)8(17)4-13/h1-4,10-13H2. The number of hydrogen-bond donors (Lipinski definition) is 4. The predicted molar refractivity (Wildman–Crippen MR) is 58.7 cm³/mol. The van der Waals surface area contributed by atoms with Crippen molar-refractivity contribution in [3.63, 3.8) is 0 Å². The molecule has 0 aliphatic rings. The van der Waals surface area contributed by atoms with Gasteiger partial charge in [-0.25, -0.2) is 0 Å². The maximum atomic E-state index is 11.7. The molecule has 0 saturated heterocycles. The molecule has 8 heteroatoms. The van der Waals surface area contributed by atoms with Gasteiger partial charge < -0.3 is 22.9 Å². The summed E-state index contributed by atoms with van der Waals surface area (Å²) in [4.78, 5) is 46.7. The molecule has 17 heavy (non-hydrogen) atoms. The fourth-order valence-electron chi connectivity index (χ4n) is 1.55. The Labute approximate surface area is 97.7 Å². The first kappa shape index (κ1) is 15.5. The Kier molecular flexibility index (Phi) is 5.75. The van der Waals surface area contributed by atoms with Crippen LogP contribution in [-0.4, -0.2) is 49.3 Å². The van der Waals surface area contributed by atoms with Crippen molar-refractivity contribution in [2.75, 3.05) is 26.2 Å². The summed E-state index contributed by atoms with van der Waals surface area (Å²) >= 11 is 0. The second-order valence-corrected chi connectivity index (χ2v) is 3.26. The summed E-state index contributed by atoms with van der Waals surface area (Å²) in [6.07, 6.45) is 0. The van der Waals surface area contributed by atoms with Crippen LogP contribution >= 0.6 is 0 Å². The fourth-order valence-corrected chi connectivity index (χ4v) is 1.55. The summed E-state index contributed by atoms with van der Waals surface area (Å²) < 4.78 is 0. The van der Waals surface area contributed by atoms with Crippen molar-refractivity contribution >= 4 is 23.1 Å². The average Bonchev–Trinajstić information content (AvgIpc) is 2.37. The first-order valence-corrected chi connectivity index (χ1v) is 4.86. The SMILES string of the molecule is NCC(=O)C(C(=O)CN)(C(=O)CN)C(=O)CN. The summed E-state index contributed by atoms with van der Waals surface area (Å²) in [6, 6.07) is 0. The Morgan fingerprint density at radius 3 is 0.882 bits per heavy atom. The lowest BCUT2D eigenvalue weighted by atomic mass is 9.71. The van der Waals surface area contributed by atoms with E-state index in [0.717, 1.165) is 0 Å². The van der Waals surface area contributed by atoms with Gasteiger partial charge in [-0.15, -0.1) is 0 Å². The Morgan fingerprint density at radius 1 is 0.588 bits per heavy atom. The molecule has 8 nitrogen and oxygen atoms in total. The molecule has 0 bridgehead atoms. The molecular weight excluding hydrogens is 228 g/mol. The third kappa shape index (κ3) is 2.44. The van der Waals surface area contributed by atoms with Crippen LogP contribution in [0.3, 0.4) is 0 Å². The first-order valence-electron chi connectivity index (χ1n) is 4.86. The van der Waals surface area contributed by atoms with Crippen LogP contribution in [0, 0.1) is 5.41 Å². The topological polar surface area (TPSA) is 172 Å². The van der Waals surface area contributed by atoms with Gasteiger partial charge in [-0.05, 0) is 0 Å². The van der Waals surface area contributed by atoms with Crippen LogP contribution in [0.5, 0.6) is 0 Å². The van der Waals surface area contributed by atoms with E-state index in [-0.39, 0.29) is 0 Å². The summed E-state index contributed by atoms with van der Waals surface area (Å²) in [5.74, 6) is -4.12. The minimum atomic E-state index is -2.52. The van der Waals surface area contributed by atoms with E-state index in [2.05, 4.69) is 0 Å². The van der Waals surface area contributed by atoms with E-state index in [1.165, 1.54) is 0 Å². The van der Waals surface area contributed by atoms with Crippen molar-refractivity contribution in [1.82, 2.24) is 0 Å². The maximum absolute atomic E-state index is 11.7. The van der Waals surface area contributed by atoms with E-state index in [1.54, 1.807) is 0 Å². The van der Waals surface area contributed by atoms with Gasteiger partial charge in [0.05, 0.1) is 26.2 Å². The summed E-state index contributed by atoms with van der Waals surface area (Å²) in [5, 5.41) is 0. The Balaban J connectivity index is 5.88. The smallest absolute Gasteiger partial charge is 0.208 e. The largest absolute Gasteiger partial charge is 0.324 e. The van der Waals surface area contributed by atoms with Crippen LogP contribution < -0.4 is 22.9 Å². The van der Waals surface area contributed by atoms with Crippen molar-refractivity contribution in [3.8, 4) is 0 Å². The highest BCUT2D eigenvalue weighted by Crippen LogP contribution is 2.22. The fraction of sp³-hybridized carbons (Fsp3) is 0.556. The van der Waals surface area contributed by atoms with Crippen LogP contribution in [0.4, 0.5) is 0 Å². The molecule has 0 aliphatic carbocycles. The van der Waals surface area contributed by atoms with E-state index in [0.29, 0.717) is 0 Å². The molecule has 0 atom stereocenters. The number of hydrogen-bond acceptors (Lipinski definition) is 8.